The van der Waals surface area contributed by atoms with Crippen molar-refractivity contribution in [2.75, 3.05) is 11.9 Å². The minimum absolute atomic E-state index is 0.588. The third-order valence-corrected chi connectivity index (χ3v) is 3.97. The van der Waals surface area contributed by atoms with Crippen molar-refractivity contribution in [3.05, 3.63) is 36.5 Å². The molecule has 0 aliphatic rings. The number of fused-ring (bicyclic) bond motifs is 1. The third-order valence-electron chi connectivity index (χ3n) is 2.87. The Labute approximate surface area is 111 Å². The molecule has 0 aliphatic carbocycles. The van der Waals surface area contributed by atoms with E-state index in [2.05, 4.69) is 57.4 Å². The van der Waals surface area contributed by atoms with E-state index in [9.17, 15) is 0 Å². The summed E-state index contributed by atoms with van der Waals surface area (Å²) in [6.07, 6.45) is 4.13. The second-order valence-corrected chi connectivity index (χ2v) is 5.40. The first-order chi connectivity index (χ1) is 8.31. The van der Waals surface area contributed by atoms with Gasteiger partial charge in [0.05, 0.1) is 0 Å². The van der Waals surface area contributed by atoms with Crippen molar-refractivity contribution >= 4 is 32.5 Å². The van der Waals surface area contributed by atoms with Gasteiger partial charge in [-0.25, -0.2) is 4.98 Å². The average Bonchev–Trinajstić information content (AvgIpc) is 2.39. The molecule has 1 N–H and O–H groups in total. The van der Waals surface area contributed by atoms with Gasteiger partial charge >= 0.3 is 0 Å². The molecule has 17 heavy (non-hydrogen) atoms. The predicted molar refractivity (Wildman–Crippen MR) is 77.9 cm³/mol. The molecule has 0 saturated carbocycles. The zero-order chi connectivity index (χ0) is 12.1. The van der Waals surface area contributed by atoms with Crippen LogP contribution in [0.3, 0.4) is 0 Å². The van der Waals surface area contributed by atoms with Crippen LogP contribution in [0.4, 0.5) is 5.82 Å². The maximum absolute atomic E-state index is 4.40. The van der Waals surface area contributed by atoms with E-state index in [1.807, 2.05) is 12.3 Å². The topological polar surface area (TPSA) is 24.9 Å². The maximum atomic E-state index is 4.40. The Morgan fingerprint density at radius 1 is 1.29 bits per heavy atom. The Morgan fingerprint density at radius 2 is 2.12 bits per heavy atom. The number of hydrogen-bond donors (Lipinski definition) is 1. The number of nitrogens with one attached hydrogen (secondary N) is 1. The molecule has 0 amide bonds. The van der Waals surface area contributed by atoms with Crippen molar-refractivity contribution in [1.29, 1.82) is 0 Å². The maximum Gasteiger partial charge on any atom is 0.133 e. The second-order valence-electron chi connectivity index (χ2n) is 4.10. The summed E-state index contributed by atoms with van der Waals surface area (Å²) in [7, 11) is 0. The lowest BCUT2D eigenvalue weighted by Gasteiger charge is -2.10. The molecule has 1 aromatic carbocycles. The molecule has 0 bridgehead atoms. The lowest BCUT2D eigenvalue weighted by Crippen LogP contribution is -2.08. The first-order valence-electron chi connectivity index (χ1n) is 6.03. The monoisotopic (exact) mass is 292 g/mol. The van der Waals surface area contributed by atoms with E-state index < -0.39 is 0 Å². The fraction of sp³-hybridized carbons (Fsp3) is 0.357. The fourth-order valence-electron chi connectivity index (χ4n) is 1.81. The van der Waals surface area contributed by atoms with E-state index in [4.69, 9.17) is 0 Å². The van der Waals surface area contributed by atoms with Gasteiger partial charge in [-0.15, -0.1) is 0 Å². The summed E-state index contributed by atoms with van der Waals surface area (Å²) < 4.78 is 0. The quantitative estimate of drug-likeness (QED) is 0.835. The third kappa shape index (κ3) is 3.19. The molecule has 2 aromatic rings. The average molecular weight is 293 g/mol. The van der Waals surface area contributed by atoms with Gasteiger partial charge in [-0.2, -0.15) is 0 Å². The molecular formula is C14H17BrN2. The first kappa shape index (κ1) is 12.4. The second kappa shape index (κ2) is 6.01. The van der Waals surface area contributed by atoms with Crippen molar-refractivity contribution in [3.8, 4) is 0 Å². The van der Waals surface area contributed by atoms with Crippen LogP contribution in [0.2, 0.25) is 0 Å². The number of alkyl halides is 1. The van der Waals surface area contributed by atoms with Crippen molar-refractivity contribution in [3.63, 3.8) is 0 Å². The number of benzene rings is 1. The van der Waals surface area contributed by atoms with Crippen LogP contribution < -0.4 is 5.32 Å². The summed E-state index contributed by atoms with van der Waals surface area (Å²) in [5, 5.41) is 5.84. The molecule has 0 fully saturated rings. The Balaban J connectivity index is 2.08. The molecule has 1 aromatic heterocycles. The zero-order valence-electron chi connectivity index (χ0n) is 9.99. The SMILES string of the molecule is CCC(Br)CCNc1nccc2ccccc12. The minimum Gasteiger partial charge on any atom is -0.370 e. The van der Waals surface area contributed by atoms with Crippen molar-refractivity contribution in [1.82, 2.24) is 4.98 Å². The fourth-order valence-corrected chi connectivity index (χ4v) is 2.04. The molecule has 1 unspecified atom stereocenters. The van der Waals surface area contributed by atoms with E-state index in [0.717, 1.165) is 25.2 Å². The molecule has 90 valence electrons. The van der Waals surface area contributed by atoms with Crippen LogP contribution in [0, 0.1) is 0 Å². The number of halogens is 1. The summed E-state index contributed by atoms with van der Waals surface area (Å²) in [4.78, 5) is 4.99. The highest BCUT2D eigenvalue weighted by molar-refractivity contribution is 9.09. The highest BCUT2D eigenvalue weighted by Crippen LogP contribution is 2.20. The summed E-state index contributed by atoms with van der Waals surface area (Å²) in [5.74, 6) is 0.985. The first-order valence-corrected chi connectivity index (χ1v) is 6.94. The van der Waals surface area contributed by atoms with E-state index in [0.29, 0.717) is 4.83 Å². The van der Waals surface area contributed by atoms with Gasteiger partial charge in [0.2, 0.25) is 0 Å². The van der Waals surface area contributed by atoms with Crippen molar-refractivity contribution in [2.24, 2.45) is 0 Å². The number of aromatic nitrogens is 1. The highest BCUT2D eigenvalue weighted by atomic mass is 79.9. The molecular weight excluding hydrogens is 276 g/mol. The lowest BCUT2D eigenvalue weighted by molar-refractivity contribution is 0.773. The van der Waals surface area contributed by atoms with Gasteiger partial charge < -0.3 is 5.32 Å². The largest absolute Gasteiger partial charge is 0.370 e. The molecule has 2 nitrogen and oxygen atoms in total. The molecule has 3 heteroatoms. The molecule has 0 saturated heterocycles. The Kier molecular flexibility index (Phi) is 4.37. The highest BCUT2D eigenvalue weighted by Gasteiger charge is 2.03. The van der Waals surface area contributed by atoms with Gasteiger partial charge in [0.1, 0.15) is 5.82 Å². The molecule has 0 spiro atoms. The molecule has 1 heterocycles. The molecule has 0 aliphatic heterocycles. The number of rotatable bonds is 5. The number of nitrogens with zero attached hydrogens (tertiary/aromatic N) is 1. The van der Waals surface area contributed by atoms with Gasteiger partial charge in [-0.1, -0.05) is 47.1 Å². The molecule has 0 radical (unpaired) electrons. The zero-order valence-corrected chi connectivity index (χ0v) is 11.6. The van der Waals surface area contributed by atoms with Crippen LogP contribution >= 0.6 is 15.9 Å². The van der Waals surface area contributed by atoms with Gasteiger partial charge in [0.15, 0.2) is 0 Å². The Bertz CT molecular complexity index is 479. The van der Waals surface area contributed by atoms with Gasteiger partial charge in [0.25, 0.3) is 0 Å². The molecule has 1 atom stereocenters. The van der Waals surface area contributed by atoms with E-state index in [1.165, 1.54) is 10.8 Å². The van der Waals surface area contributed by atoms with Crippen LogP contribution in [0.5, 0.6) is 0 Å². The van der Waals surface area contributed by atoms with Crippen molar-refractivity contribution < 1.29 is 0 Å². The molecule has 2 rings (SSSR count). The minimum atomic E-state index is 0.588. The number of anilines is 1. The smallest absolute Gasteiger partial charge is 0.133 e. The standard InChI is InChI=1S/C14H17BrN2/c1-2-12(15)8-10-17-14-13-6-4-3-5-11(13)7-9-16-14/h3-7,9,12H,2,8,10H2,1H3,(H,16,17). The normalized spacial score (nSPS) is 12.6. The Morgan fingerprint density at radius 3 is 2.94 bits per heavy atom. The van der Waals surface area contributed by atoms with E-state index in [-0.39, 0.29) is 0 Å². The predicted octanol–water partition coefficient (Wildman–Crippen LogP) is 4.21. The van der Waals surface area contributed by atoms with Crippen LogP contribution in [0.15, 0.2) is 36.5 Å². The number of pyridine rings is 1. The van der Waals surface area contributed by atoms with E-state index >= 15 is 0 Å². The van der Waals surface area contributed by atoms with Gasteiger partial charge in [0, 0.05) is 23.0 Å². The lowest BCUT2D eigenvalue weighted by atomic mass is 10.1. The number of hydrogen-bond acceptors (Lipinski definition) is 2. The Hall–Kier alpha value is -1.09. The van der Waals surface area contributed by atoms with E-state index in [1.54, 1.807) is 0 Å². The summed E-state index contributed by atoms with van der Waals surface area (Å²) in [5.41, 5.74) is 0. The van der Waals surface area contributed by atoms with Crippen LogP contribution in [-0.2, 0) is 0 Å². The van der Waals surface area contributed by atoms with Crippen LogP contribution in [-0.4, -0.2) is 16.4 Å². The van der Waals surface area contributed by atoms with Gasteiger partial charge in [-0.3, -0.25) is 0 Å². The van der Waals surface area contributed by atoms with Crippen molar-refractivity contribution in [2.45, 2.75) is 24.6 Å². The summed E-state index contributed by atoms with van der Waals surface area (Å²) >= 11 is 3.64. The van der Waals surface area contributed by atoms with Gasteiger partial charge in [-0.05, 0) is 24.3 Å². The summed E-state index contributed by atoms with van der Waals surface area (Å²) in [6, 6.07) is 10.4. The van der Waals surface area contributed by atoms with Crippen LogP contribution in [0.1, 0.15) is 19.8 Å². The summed E-state index contributed by atoms with van der Waals surface area (Å²) in [6.45, 7) is 3.14. The van der Waals surface area contributed by atoms with Crippen LogP contribution in [0.25, 0.3) is 10.8 Å².